The minimum atomic E-state index is -0.634. The Morgan fingerprint density at radius 3 is 1.88 bits per heavy atom. The van der Waals surface area contributed by atoms with Gasteiger partial charge in [-0.3, -0.25) is 4.57 Å². The molecule has 2 aromatic heterocycles. The fraction of sp³-hybridized carbons (Fsp3) is 0.333. The molecule has 2 N–H and O–H groups in total. The first-order chi connectivity index (χ1) is 19.5. The van der Waals surface area contributed by atoms with Crippen LogP contribution in [-0.2, 0) is 19.6 Å². The molecule has 0 fully saturated rings. The maximum Gasteiger partial charge on any atom is 0.355 e. The lowest BCUT2D eigenvalue weighted by Crippen LogP contribution is -2.43. The molecule has 0 spiro atoms. The smallest absolute Gasteiger partial charge is 0.355 e. The summed E-state index contributed by atoms with van der Waals surface area (Å²) in [7, 11) is 3.18. The van der Waals surface area contributed by atoms with Crippen molar-refractivity contribution in [2.45, 2.75) is 46.8 Å². The van der Waals surface area contributed by atoms with E-state index in [0.29, 0.717) is 18.0 Å². The molecule has 0 saturated carbocycles. The molecular formula is C30H38N6O4. The van der Waals surface area contributed by atoms with Gasteiger partial charge in [0.1, 0.15) is 17.3 Å². The van der Waals surface area contributed by atoms with Gasteiger partial charge in [0.2, 0.25) is 5.95 Å². The molecule has 0 aliphatic rings. The summed E-state index contributed by atoms with van der Waals surface area (Å²) in [6.45, 7) is 7.50. The summed E-state index contributed by atoms with van der Waals surface area (Å²) in [5.74, 6) is 2.35. The third-order valence-corrected chi connectivity index (χ3v) is 5.94. The average molecular weight is 547 g/mol. The van der Waals surface area contributed by atoms with Crippen LogP contribution in [0.2, 0.25) is 0 Å². The first-order valence-corrected chi connectivity index (χ1v) is 13.4. The molecule has 4 rings (SSSR count). The summed E-state index contributed by atoms with van der Waals surface area (Å²) in [5, 5.41) is 6.41. The van der Waals surface area contributed by atoms with Crippen LogP contribution < -0.4 is 31.5 Å². The minimum absolute atomic E-state index is 0.0876. The summed E-state index contributed by atoms with van der Waals surface area (Å²) in [6.07, 6.45) is 0.985. The van der Waals surface area contributed by atoms with Crippen LogP contribution in [0.25, 0.3) is 0 Å². The van der Waals surface area contributed by atoms with Crippen LogP contribution in [0.5, 0.6) is 11.5 Å². The van der Waals surface area contributed by atoms with Crippen molar-refractivity contribution >= 4 is 11.8 Å². The number of nitrogens with one attached hydrogen (secondary N) is 2. The van der Waals surface area contributed by atoms with Crippen molar-refractivity contribution in [2.24, 2.45) is 0 Å². The van der Waals surface area contributed by atoms with Crippen molar-refractivity contribution in [3.05, 3.63) is 105 Å². The Morgan fingerprint density at radius 1 is 0.750 bits per heavy atom. The second-order valence-electron chi connectivity index (χ2n) is 8.66. The average Bonchev–Trinajstić information content (AvgIpc) is 3.00. The lowest BCUT2D eigenvalue weighted by Gasteiger charge is -2.16. The maximum absolute atomic E-state index is 13.6. The highest BCUT2D eigenvalue weighted by Crippen LogP contribution is 2.15. The number of ether oxygens (including phenoxy) is 2. The van der Waals surface area contributed by atoms with Gasteiger partial charge in [0.25, 0.3) is 0 Å². The standard InChI is InChI=1S/C28H32N6O4.C2H6/c1-4-16-29-25-7-5-6-22(31-25)17-30-26-32-27(35)34(19-21-10-14-24(38-3)15-11-21)28(36)33(26)18-20-8-12-23(37-2)13-9-20;1-2/h5-15H,4,16-19H2,1-3H3,(H,29,31)(H,30,32,35);1-2H3. The van der Waals surface area contributed by atoms with E-state index in [1.165, 1.54) is 4.57 Å². The Bertz CT molecular complexity index is 1460. The van der Waals surface area contributed by atoms with Gasteiger partial charge >= 0.3 is 11.4 Å². The van der Waals surface area contributed by atoms with Gasteiger partial charge in [-0.2, -0.15) is 4.98 Å². The topological polar surface area (TPSA) is 112 Å². The van der Waals surface area contributed by atoms with E-state index in [1.807, 2.05) is 68.4 Å². The molecule has 2 aromatic carbocycles. The first kappa shape index (κ1) is 29.9. The molecule has 0 aliphatic carbocycles. The lowest BCUT2D eigenvalue weighted by molar-refractivity contribution is 0.414. The fourth-order valence-electron chi connectivity index (χ4n) is 3.87. The molecule has 0 bridgehead atoms. The first-order valence-electron chi connectivity index (χ1n) is 13.4. The number of pyridine rings is 1. The van der Waals surface area contributed by atoms with E-state index in [0.717, 1.165) is 40.2 Å². The molecule has 0 amide bonds. The van der Waals surface area contributed by atoms with Crippen LogP contribution in [0.1, 0.15) is 44.0 Å². The highest BCUT2D eigenvalue weighted by Gasteiger charge is 2.15. The van der Waals surface area contributed by atoms with Gasteiger partial charge in [0.05, 0.1) is 39.5 Å². The van der Waals surface area contributed by atoms with E-state index in [1.54, 1.807) is 26.4 Å². The zero-order valence-electron chi connectivity index (χ0n) is 23.8. The summed E-state index contributed by atoms with van der Waals surface area (Å²) < 4.78 is 13.0. The van der Waals surface area contributed by atoms with Gasteiger partial charge in [0, 0.05) is 6.54 Å². The van der Waals surface area contributed by atoms with Crippen molar-refractivity contribution in [3.8, 4) is 11.5 Å². The van der Waals surface area contributed by atoms with Crippen LogP contribution in [0, 0.1) is 0 Å². The monoisotopic (exact) mass is 546 g/mol. The van der Waals surface area contributed by atoms with Crippen LogP contribution in [0.15, 0.2) is 76.3 Å². The Morgan fingerprint density at radius 2 is 1.32 bits per heavy atom. The third-order valence-electron chi connectivity index (χ3n) is 5.94. The van der Waals surface area contributed by atoms with E-state index in [4.69, 9.17) is 9.47 Å². The molecule has 0 aliphatic heterocycles. The van der Waals surface area contributed by atoms with E-state index in [-0.39, 0.29) is 19.0 Å². The molecule has 2 heterocycles. The lowest BCUT2D eigenvalue weighted by atomic mass is 10.2. The Hall–Kier alpha value is -4.60. The van der Waals surface area contributed by atoms with Crippen molar-refractivity contribution in [1.82, 2.24) is 19.1 Å². The quantitative estimate of drug-likeness (QED) is 0.269. The van der Waals surface area contributed by atoms with E-state index < -0.39 is 11.4 Å². The van der Waals surface area contributed by atoms with E-state index in [9.17, 15) is 9.59 Å². The van der Waals surface area contributed by atoms with Crippen LogP contribution in [0.3, 0.4) is 0 Å². The number of nitrogens with zero attached hydrogens (tertiary/aromatic N) is 4. The van der Waals surface area contributed by atoms with Crippen LogP contribution in [0.4, 0.5) is 11.8 Å². The Kier molecular flexibility index (Phi) is 11.3. The zero-order chi connectivity index (χ0) is 28.9. The second kappa shape index (κ2) is 15.1. The normalized spacial score (nSPS) is 10.3. The maximum atomic E-state index is 13.6. The van der Waals surface area contributed by atoms with Crippen molar-refractivity contribution in [3.63, 3.8) is 0 Å². The molecule has 0 atom stereocenters. The summed E-state index contributed by atoms with van der Waals surface area (Å²) in [6, 6.07) is 20.3. The molecule has 10 heteroatoms. The van der Waals surface area contributed by atoms with Crippen molar-refractivity contribution in [1.29, 1.82) is 0 Å². The predicted octanol–water partition coefficient (Wildman–Crippen LogP) is 4.37. The molecule has 0 saturated heterocycles. The van der Waals surface area contributed by atoms with Gasteiger partial charge in [0.15, 0.2) is 0 Å². The summed E-state index contributed by atoms with van der Waals surface area (Å²) in [5.41, 5.74) is 1.29. The predicted molar refractivity (Wildman–Crippen MR) is 159 cm³/mol. The van der Waals surface area contributed by atoms with Gasteiger partial charge in [-0.15, -0.1) is 0 Å². The summed E-state index contributed by atoms with van der Waals surface area (Å²) >= 11 is 0. The molecular weight excluding hydrogens is 508 g/mol. The van der Waals surface area contributed by atoms with Gasteiger partial charge in [-0.1, -0.05) is 51.1 Å². The van der Waals surface area contributed by atoms with Crippen molar-refractivity contribution < 1.29 is 9.47 Å². The number of aromatic nitrogens is 4. The van der Waals surface area contributed by atoms with Gasteiger partial charge in [-0.05, 0) is 53.9 Å². The van der Waals surface area contributed by atoms with Gasteiger partial charge < -0.3 is 20.1 Å². The van der Waals surface area contributed by atoms with E-state index >= 15 is 0 Å². The fourth-order valence-corrected chi connectivity index (χ4v) is 3.87. The molecule has 40 heavy (non-hydrogen) atoms. The third kappa shape index (κ3) is 7.95. The highest BCUT2D eigenvalue weighted by atomic mass is 16.5. The zero-order valence-corrected chi connectivity index (χ0v) is 23.8. The molecule has 212 valence electrons. The SMILES string of the molecule is CC.CCCNc1cccc(CNc2nc(=O)n(Cc3ccc(OC)cc3)c(=O)n2Cc2ccc(OC)cc2)n1. The molecule has 10 nitrogen and oxygen atoms in total. The summed E-state index contributed by atoms with van der Waals surface area (Å²) in [4.78, 5) is 35.5. The minimum Gasteiger partial charge on any atom is -0.497 e. The van der Waals surface area contributed by atoms with Crippen molar-refractivity contribution in [2.75, 3.05) is 31.4 Å². The number of benzene rings is 2. The number of hydrogen-bond donors (Lipinski definition) is 2. The number of anilines is 2. The molecule has 0 unspecified atom stereocenters. The van der Waals surface area contributed by atoms with Gasteiger partial charge in [-0.25, -0.2) is 19.1 Å². The van der Waals surface area contributed by atoms with Crippen LogP contribution in [-0.4, -0.2) is 39.9 Å². The Labute approximate surface area is 234 Å². The molecule has 4 aromatic rings. The second-order valence-corrected chi connectivity index (χ2v) is 8.66. The molecule has 0 radical (unpaired) electrons. The number of rotatable bonds is 12. The largest absolute Gasteiger partial charge is 0.497 e. The number of methoxy groups -OCH3 is 2. The number of hydrogen-bond acceptors (Lipinski definition) is 8. The Balaban J connectivity index is 0.00000216. The van der Waals surface area contributed by atoms with Crippen LogP contribution >= 0.6 is 0 Å². The highest BCUT2D eigenvalue weighted by molar-refractivity contribution is 5.37. The van der Waals surface area contributed by atoms with E-state index in [2.05, 4.69) is 27.5 Å².